The van der Waals surface area contributed by atoms with E-state index in [0.717, 1.165) is 0 Å². The van der Waals surface area contributed by atoms with Crippen LogP contribution in [0, 0.1) is 23.2 Å². The molecule has 2 fully saturated rings. The van der Waals surface area contributed by atoms with Crippen LogP contribution in [-0.2, 0) is 4.79 Å². The maximum absolute atomic E-state index is 11.6. The summed E-state index contributed by atoms with van der Waals surface area (Å²) in [6.07, 6.45) is 1.26. The molecule has 0 saturated heterocycles. The molecule has 0 bridgehead atoms. The lowest BCUT2D eigenvalue weighted by molar-refractivity contribution is -0.121. The molecule has 68 valence electrons. The molecule has 0 N–H and O–H groups in total. The van der Waals surface area contributed by atoms with Crippen molar-refractivity contribution < 1.29 is 4.79 Å². The number of hydrogen-bond acceptors (Lipinski definition) is 1. The number of halogens is 1. The van der Waals surface area contributed by atoms with Gasteiger partial charge in [-0.05, 0) is 23.7 Å². The minimum atomic E-state index is 0.144. The van der Waals surface area contributed by atoms with E-state index in [1.807, 2.05) is 0 Å². The van der Waals surface area contributed by atoms with E-state index < -0.39 is 0 Å². The molecule has 0 spiro atoms. The van der Waals surface area contributed by atoms with Gasteiger partial charge in [0.25, 0.3) is 0 Å². The van der Waals surface area contributed by atoms with Crippen molar-refractivity contribution >= 4 is 21.7 Å². The second-order valence-corrected chi connectivity index (χ2v) is 5.55. The summed E-state index contributed by atoms with van der Waals surface area (Å²) in [5, 5.41) is 0. The zero-order valence-electron chi connectivity index (χ0n) is 7.80. The molecule has 12 heavy (non-hydrogen) atoms. The van der Waals surface area contributed by atoms with Gasteiger partial charge in [-0.25, -0.2) is 0 Å². The number of alkyl halides is 1. The molecule has 2 rings (SSSR count). The number of fused-ring (bicyclic) bond motifs is 1. The number of ketones is 1. The predicted octanol–water partition coefficient (Wildman–Crippen LogP) is 2.63. The Hall–Kier alpha value is 0.150. The van der Waals surface area contributed by atoms with Gasteiger partial charge >= 0.3 is 0 Å². The molecule has 4 atom stereocenters. The molecule has 0 aromatic rings. The number of Topliss-reactive ketones (excluding diaryl/α,β-unsaturated/α-hetero) is 1. The van der Waals surface area contributed by atoms with Crippen LogP contribution in [0.3, 0.4) is 0 Å². The van der Waals surface area contributed by atoms with E-state index in [1.54, 1.807) is 0 Å². The van der Waals surface area contributed by atoms with E-state index >= 15 is 0 Å². The molecule has 0 heterocycles. The molecule has 0 aromatic carbocycles. The SMILES string of the molecule is CC(C)[C@@]12C[C@@H]1[C@@H](C)C(=O)C2Br. The highest BCUT2D eigenvalue weighted by molar-refractivity contribution is 9.10. The van der Waals surface area contributed by atoms with Crippen molar-refractivity contribution in [2.75, 3.05) is 0 Å². The van der Waals surface area contributed by atoms with E-state index in [0.29, 0.717) is 29.0 Å². The van der Waals surface area contributed by atoms with E-state index in [2.05, 4.69) is 36.7 Å². The Morgan fingerprint density at radius 1 is 1.58 bits per heavy atom. The molecule has 2 heteroatoms. The third-order valence-electron chi connectivity index (χ3n) is 3.95. The molecule has 2 saturated carbocycles. The van der Waals surface area contributed by atoms with E-state index in [-0.39, 0.29) is 4.83 Å². The summed E-state index contributed by atoms with van der Waals surface area (Å²) < 4.78 is 0. The van der Waals surface area contributed by atoms with Crippen molar-refractivity contribution in [1.82, 2.24) is 0 Å². The average molecular weight is 231 g/mol. The zero-order chi connectivity index (χ0) is 9.09. The zero-order valence-corrected chi connectivity index (χ0v) is 9.39. The Kier molecular flexibility index (Phi) is 1.70. The predicted molar refractivity (Wildman–Crippen MR) is 52.3 cm³/mol. The number of hydrogen-bond donors (Lipinski definition) is 0. The molecular formula is C10H15BrO. The standard InChI is InChI=1S/C10H15BrO/c1-5(2)10-4-7(10)6(3)8(12)9(10)11/h5-7,9H,4H2,1-3H3/t6-,7-,9?,10+/m1/s1. The molecule has 2 aliphatic rings. The number of rotatable bonds is 1. The largest absolute Gasteiger partial charge is 0.298 e. The van der Waals surface area contributed by atoms with Crippen molar-refractivity contribution in [2.45, 2.75) is 32.0 Å². The van der Waals surface area contributed by atoms with Gasteiger partial charge < -0.3 is 0 Å². The van der Waals surface area contributed by atoms with Gasteiger partial charge in [0.15, 0.2) is 0 Å². The molecule has 1 unspecified atom stereocenters. The van der Waals surface area contributed by atoms with Crippen LogP contribution < -0.4 is 0 Å². The summed E-state index contributed by atoms with van der Waals surface area (Å²) in [4.78, 5) is 11.8. The third-order valence-corrected chi connectivity index (χ3v) is 5.26. The first-order valence-electron chi connectivity index (χ1n) is 4.69. The molecule has 0 amide bonds. The lowest BCUT2D eigenvalue weighted by atomic mass is 9.90. The fraction of sp³-hybridized carbons (Fsp3) is 0.900. The highest BCUT2D eigenvalue weighted by Crippen LogP contribution is 2.70. The van der Waals surface area contributed by atoms with Gasteiger partial charge in [0.2, 0.25) is 0 Å². The Labute approximate surface area is 82.0 Å². The van der Waals surface area contributed by atoms with Crippen LogP contribution in [0.1, 0.15) is 27.2 Å². The van der Waals surface area contributed by atoms with E-state index in [4.69, 9.17) is 0 Å². The second kappa shape index (κ2) is 2.34. The molecular weight excluding hydrogens is 216 g/mol. The maximum atomic E-state index is 11.6. The van der Waals surface area contributed by atoms with Crippen LogP contribution in [0.15, 0.2) is 0 Å². The van der Waals surface area contributed by atoms with Gasteiger partial charge in [-0.3, -0.25) is 4.79 Å². The monoisotopic (exact) mass is 230 g/mol. The van der Waals surface area contributed by atoms with Crippen molar-refractivity contribution in [3.05, 3.63) is 0 Å². The Morgan fingerprint density at radius 3 is 2.42 bits per heavy atom. The topological polar surface area (TPSA) is 17.1 Å². The summed E-state index contributed by atoms with van der Waals surface area (Å²) in [6, 6.07) is 0. The number of carbonyl (C=O) groups is 1. The van der Waals surface area contributed by atoms with Gasteiger partial charge in [0.05, 0.1) is 4.83 Å². The first kappa shape index (κ1) is 8.74. The van der Waals surface area contributed by atoms with Gasteiger partial charge in [0, 0.05) is 5.92 Å². The van der Waals surface area contributed by atoms with Gasteiger partial charge in [0.1, 0.15) is 5.78 Å². The van der Waals surface area contributed by atoms with Gasteiger partial charge in [-0.2, -0.15) is 0 Å². The van der Waals surface area contributed by atoms with Crippen LogP contribution in [0.2, 0.25) is 0 Å². The summed E-state index contributed by atoms with van der Waals surface area (Å²) >= 11 is 3.56. The molecule has 0 aliphatic heterocycles. The van der Waals surface area contributed by atoms with Crippen molar-refractivity contribution in [2.24, 2.45) is 23.2 Å². The highest BCUT2D eigenvalue weighted by atomic mass is 79.9. The first-order valence-corrected chi connectivity index (χ1v) is 5.61. The van der Waals surface area contributed by atoms with Crippen molar-refractivity contribution in [3.8, 4) is 0 Å². The van der Waals surface area contributed by atoms with Gasteiger partial charge in [-0.1, -0.05) is 36.7 Å². The van der Waals surface area contributed by atoms with Crippen LogP contribution >= 0.6 is 15.9 Å². The molecule has 0 radical (unpaired) electrons. The lowest BCUT2D eigenvalue weighted by Gasteiger charge is -2.20. The van der Waals surface area contributed by atoms with Gasteiger partial charge in [-0.15, -0.1) is 0 Å². The third kappa shape index (κ3) is 0.773. The van der Waals surface area contributed by atoms with Crippen LogP contribution in [-0.4, -0.2) is 10.6 Å². The second-order valence-electron chi connectivity index (χ2n) is 4.63. The molecule has 2 aliphatic carbocycles. The van der Waals surface area contributed by atoms with E-state index in [1.165, 1.54) is 6.42 Å². The van der Waals surface area contributed by atoms with Crippen molar-refractivity contribution in [3.63, 3.8) is 0 Å². The number of carbonyl (C=O) groups excluding carboxylic acids is 1. The fourth-order valence-electron chi connectivity index (χ4n) is 2.91. The normalized spacial score (nSPS) is 51.4. The molecule has 1 nitrogen and oxygen atoms in total. The lowest BCUT2D eigenvalue weighted by Crippen LogP contribution is -2.25. The Balaban J connectivity index is 2.30. The fourth-order valence-corrected chi connectivity index (χ4v) is 4.38. The minimum Gasteiger partial charge on any atom is -0.298 e. The quantitative estimate of drug-likeness (QED) is 0.634. The van der Waals surface area contributed by atoms with Crippen LogP contribution in [0.5, 0.6) is 0 Å². The smallest absolute Gasteiger partial charge is 0.150 e. The summed E-state index contributed by atoms with van der Waals surface area (Å²) in [6.45, 7) is 6.55. The summed E-state index contributed by atoms with van der Waals surface area (Å²) in [7, 11) is 0. The average Bonchev–Trinajstić information content (AvgIpc) is 2.71. The summed E-state index contributed by atoms with van der Waals surface area (Å²) in [5.74, 6) is 2.05. The summed E-state index contributed by atoms with van der Waals surface area (Å²) in [5.41, 5.74) is 0.330. The Bertz CT molecular complexity index is 236. The minimum absolute atomic E-state index is 0.144. The van der Waals surface area contributed by atoms with Crippen molar-refractivity contribution in [1.29, 1.82) is 0 Å². The van der Waals surface area contributed by atoms with Crippen LogP contribution in [0.4, 0.5) is 0 Å². The van der Waals surface area contributed by atoms with Crippen LogP contribution in [0.25, 0.3) is 0 Å². The highest BCUT2D eigenvalue weighted by Gasteiger charge is 2.69. The first-order chi connectivity index (χ1) is 5.51. The van der Waals surface area contributed by atoms with E-state index in [9.17, 15) is 4.79 Å². The maximum Gasteiger partial charge on any atom is 0.150 e. The molecule has 0 aromatic heterocycles. The Morgan fingerprint density at radius 2 is 2.17 bits per heavy atom.